The third-order valence-corrected chi connectivity index (χ3v) is 4.46. The van der Waals surface area contributed by atoms with E-state index in [4.69, 9.17) is 4.74 Å². The molecule has 1 aliphatic rings. The van der Waals surface area contributed by atoms with Crippen LogP contribution in [0.1, 0.15) is 15.9 Å². The number of benzene rings is 2. The summed E-state index contributed by atoms with van der Waals surface area (Å²) in [6.45, 7) is -0.220. The largest absolute Gasteiger partial charge is 0.491 e. The highest BCUT2D eigenvalue weighted by atomic mass is 19.1. The Labute approximate surface area is 156 Å². The Morgan fingerprint density at radius 1 is 1.26 bits per heavy atom. The van der Waals surface area contributed by atoms with Crippen molar-refractivity contribution in [1.82, 2.24) is 9.78 Å². The molecule has 0 fully saturated rings. The zero-order valence-electron chi connectivity index (χ0n) is 14.9. The summed E-state index contributed by atoms with van der Waals surface area (Å²) < 4.78 is 19.4. The van der Waals surface area contributed by atoms with Crippen LogP contribution in [0.5, 0.6) is 5.75 Å². The van der Waals surface area contributed by atoms with Gasteiger partial charge in [0.25, 0.3) is 5.91 Å². The van der Waals surface area contributed by atoms with Crippen molar-refractivity contribution in [3.8, 4) is 5.75 Å². The van der Waals surface area contributed by atoms with Gasteiger partial charge in [0.15, 0.2) is 0 Å². The van der Waals surface area contributed by atoms with Gasteiger partial charge >= 0.3 is 0 Å². The van der Waals surface area contributed by atoms with E-state index in [1.54, 1.807) is 40.0 Å². The fourth-order valence-corrected chi connectivity index (χ4v) is 3.17. The number of hydrogen-bond acceptors (Lipinski definition) is 4. The van der Waals surface area contributed by atoms with E-state index in [1.165, 1.54) is 0 Å². The molecule has 2 aromatic carbocycles. The van der Waals surface area contributed by atoms with Crippen LogP contribution in [-0.4, -0.2) is 29.0 Å². The molecule has 1 aliphatic heterocycles. The van der Waals surface area contributed by atoms with Crippen LogP contribution in [0.3, 0.4) is 0 Å². The van der Waals surface area contributed by atoms with Gasteiger partial charge in [0.2, 0.25) is 0 Å². The Balaban J connectivity index is 1.73. The van der Waals surface area contributed by atoms with Crippen LogP contribution in [-0.2, 0) is 13.6 Å². The zero-order chi connectivity index (χ0) is 18.8. The van der Waals surface area contributed by atoms with Crippen LogP contribution in [0.2, 0.25) is 0 Å². The second kappa shape index (κ2) is 7.11. The third-order valence-electron chi connectivity index (χ3n) is 4.46. The average Bonchev–Trinajstić information content (AvgIpc) is 2.95. The number of ether oxygens (including phenoxy) is 1. The predicted octanol–water partition coefficient (Wildman–Crippen LogP) is 3.67. The van der Waals surface area contributed by atoms with Crippen LogP contribution < -0.4 is 15.0 Å². The molecule has 2 heterocycles. The molecule has 4 rings (SSSR count). The summed E-state index contributed by atoms with van der Waals surface area (Å²) in [6, 6.07) is 14.5. The topological polar surface area (TPSA) is 59.4 Å². The minimum absolute atomic E-state index is 0.0346. The standard InChI is InChI=1S/C20H19FN4O2/c1-24-19-15(12-22-24)13-25(18-8-3-2-7-17(18)23-19)20(26)14-5-4-6-16(11-14)27-10-9-21/h2-8,11-12,23H,9-10,13H2,1H3. The van der Waals surface area contributed by atoms with Gasteiger partial charge in [-0.3, -0.25) is 9.48 Å². The number of anilines is 3. The van der Waals surface area contributed by atoms with Crippen molar-refractivity contribution in [3.63, 3.8) is 0 Å². The molecule has 0 aliphatic carbocycles. The fraction of sp³-hybridized carbons (Fsp3) is 0.200. The second-order valence-electron chi connectivity index (χ2n) is 6.24. The smallest absolute Gasteiger partial charge is 0.258 e. The van der Waals surface area contributed by atoms with Crippen LogP contribution in [0, 0.1) is 0 Å². The minimum atomic E-state index is -0.576. The molecule has 1 amide bonds. The third kappa shape index (κ3) is 3.23. The number of nitrogens with zero attached hydrogens (tertiary/aromatic N) is 3. The van der Waals surface area contributed by atoms with Crippen molar-refractivity contribution in [2.45, 2.75) is 6.54 Å². The van der Waals surface area contributed by atoms with Crippen molar-refractivity contribution < 1.29 is 13.9 Å². The van der Waals surface area contributed by atoms with E-state index in [-0.39, 0.29) is 12.5 Å². The maximum Gasteiger partial charge on any atom is 0.258 e. The number of rotatable bonds is 4. The SMILES string of the molecule is Cn1ncc2c1Nc1ccccc1N(C(=O)c1cccc(OCCF)c1)C2. The Hall–Kier alpha value is -3.35. The summed E-state index contributed by atoms with van der Waals surface area (Å²) in [7, 11) is 1.86. The number of carbonyl (C=O) groups excluding carboxylic acids is 1. The number of para-hydroxylation sites is 2. The first-order valence-corrected chi connectivity index (χ1v) is 8.65. The molecule has 3 aromatic rings. The molecule has 0 spiro atoms. The maximum absolute atomic E-state index is 13.3. The zero-order valence-corrected chi connectivity index (χ0v) is 14.9. The number of halogens is 1. The van der Waals surface area contributed by atoms with Gasteiger partial charge in [0, 0.05) is 18.2 Å². The molecule has 27 heavy (non-hydrogen) atoms. The minimum Gasteiger partial charge on any atom is -0.491 e. The van der Waals surface area contributed by atoms with Crippen LogP contribution in [0.4, 0.5) is 21.6 Å². The van der Waals surface area contributed by atoms with Gasteiger partial charge in [0.05, 0.1) is 24.1 Å². The van der Waals surface area contributed by atoms with Crippen molar-refractivity contribution in [1.29, 1.82) is 0 Å². The van der Waals surface area contributed by atoms with Crippen LogP contribution in [0.15, 0.2) is 54.7 Å². The van der Waals surface area contributed by atoms with E-state index >= 15 is 0 Å². The lowest BCUT2D eigenvalue weighted by Crippen LogP contribution is -2.30. The molecule has 0 unspecified atom stereocenters. The molecule has 0 saturated heterocycles. The number of amides is 1. The number of hydrogen-bond donors (Lipinski definition) is 1. The first-order chi connectivity index (χ1) is 13.2. The summed E-state index contributed by atoms with van der Waals surface area (Å²) in [4.78, 5) is 15.0. The van der Waals surface area contributed by atoms with Crippen molar-refractivity contribution in [3.05, 3.63) is 65.9 Å². The van der Waals surface area contributed by atoms with E-state index < -0.39 is 6.67 Å². The quantitative estimate of drug-likeness (QED) is 0.765. The van der Waals surface area contributed by atoms with Gasteiger partial charge in [-0.05, 0) is 30.3 Å². The molecule has 7 heteroatoms. The summed E-state index contributed by atoms with van der Waals surface area (Å²) in [5, 5.41) is 7.65. The average molecular weight is 366 g/mol. The predicted molar refractivity (Wildman–Crippen MR) is 101 cm³/mol. The summed E-state index contributed by atoms with van der Waals surface area (Å²) in [6.07, 6.45) is 1.76. The number of carbonyl (C=O) groups is 1. The van der Waals surface area contributed by atoms with Crippen molar-refractivity contribution >= 4 is 23.1 Å². The highest BCUT2D eigenvalue weighted by Gasteiger charge is 2.26. The van der Waals surface area contributed by atoms with E-state index in [9.17, 15) is 9.18 Å². The molecular formula is C20H19FN4O2. The highest BCUT2D eigenvalue weighted by molar-refractivity contribution is 6.08. The van der Waals surface area contributed by atoms with E-state index in [0.717, 1.165) is 22.8 Å². The fourth-order valence-electron chi connectivity index (χ4n) is 3.17. The van der Waals surface area contributed by atoms with Crippen molar-refractivity contribution in [2.75, 3.05) is 23.5 Å². The Bertz CT molecular complexity index is 986. The molecule has 0 bridgehead atoms. The number of alkyl halides is 1. The summed E-state index contributed by atoms with van der Waals surface area (Å²) >= 11 is 0. The lowest BCUT2D eigenvalue weighted by molar-refractivity contribution is 0.0985. The first kappa shape index (κ1) is 17.1. The first-order valence-electron chi connectivity index (χ1n) is 8.65. The molecule has 138 valence electrons. The molecule has 1 N–H and O–H groups in total. The molecule has 0 radical (unpaired) electrons. The molecule has 0 atom stereocenters. The lowest BCUT2D eigenvalue weighted by atomic mass is 10.1. The van der Waals surface area contributed by atoms with Crippen LogP contribution in [0.25, 0.3) is 0 Å². The lowest BCUT2D eigenvalue weighted by Gasteiger charge is -2.22. The van der Waals surface area contributed by atoms with Crippen LogP contribution >= 0.6 is 0 Å². The number of aryl methyl sites for hydroxylation is 1. The van der Waals surface area contributed by atoms with Crippen molar-refractivity contribution in [2.24, 2.45) is 7.05 Å². The monoisotopic (exact) mass is 366 g/mol. The van der Waals surface area contributed by atoms with E-state index in [2.05, 4.69) is 10.4 Å². The Morgan fingerprint density at radius 2 is 2.11 bits per heavy atom. The number of nitrogens with one attached hydrogen (secondary N) is 1. The van der Waals surface area contributed by atoms with Gasteiger partial charge in [-0.1, -0.05) is 18.2 Å². The normalized spacial score (nSPS) is 12.6. The van der Waals surface area contributed by atoms with Gasteiger partial charge in [-0.2, -0.15) is 5.10 Å². The molecule has 0 saturated carbocycles. The van der Waals surface area contributed by atoms with Gasteiger partial charge in [-0.15, -0.1) is 0 Å². The number of aromatic nitrogens is 2. The van der Waals surface area contributed by atoms with Gasteiger partial charge in [-0.25, -0.2) is 4.39 Å². The van der Waals surface area contributed by atoms with E-state index in [0.29, 0.717) is 17.9 Å². The van der Waals surface area contributed by atoms with Gasteiger partial charge < -0.3 is 15.0 Å². The molecule has 6 nitrogen and oxygen atoms in total. The second-order valence-corrected chi connectivity index (χ2v) is 6.24. The summed E-state index contributed by atoms with van der Waals surface area (Å²) in [5.74, 6) is 1.17. The Morgan fingerprint density at radius 3 is 2.96 bits per heavy atom. The number of fused-ring (bicyclic) bond motifs is 2. The molecule has 1 aromatic heterocycles. The van der Waals surface area contributed by atoms with Gasteiger partial charge in [0.1, 0.15) is 24.8 Å². The summed E-state index contributed by atoms with van der Waals surface area (Å²) in [5.41, 5.74) is 3.02. The maximum atomic E-state index is 13.3. The van der Waals surface area contributed by atoms with E-state index in [1.807, 2.05) is 31.3 Å². The highest BCUT2D eigenvalue weighted by Crippen LogP contribution is 2.36. The molecular weight excluding hydrogens is 347 g/mol. The Kier molecular flexibility index (Phi) is 4.50.